The molecular weight excluding hydrogens is 164 g/mol. The number of aromatic nitrogens is 2. The van der Waals surface area contributed by atoms with Gasteiger partial charge in [-0.05, 0) is 31.7 Å². The molecule has 0 bridgehead atoms. The summed E-state index contributed by atoms with van der Waals surface area (Å²) < 4.78 is 1.81. The van der Waals surface area contributed by atoms with Crippen molar-refractivity contribution in [2.24, 2.45) is 12.5 Å². The second kappa shape index (κ2) is 2.69. The summed E-state index contributed by atoms with van der Waals surface area (Å²) in [7, 11) is 1.91. The summed E-state index contributed by atoms with van der Waals surface area (Å²) in [6, 6.07) is 0. The molecule has 1 aliphatic rings. The van der Waals surface area contributed by atoms with Gasteiger partial charge in [0.05, 0.1) is 5.69 Å². The standard InChI is InChI=1S/C10H14N2O/c1-8-9(6-12(2)11-8)5-10(7-13)3-4-10/h6-7H,3-5H2,1-2H3. The molecule has 3 heteroatoms. The molecule has 0 aromatic carbocycles. The highest BCUT2D eigenvalue weighted by Gasteiger charge is 2.42. The van der Waals surface area contributed by atoms with Crippen LogP contribution in [0.1, 0.15) is 24.1 Å². The highest BCUT2D eigenvalue weighted by Crippen LogP contribution is 2.46. The van der Waals surface area contributed by atoms with Crippen LogP contribution < -0.4 is 0 Å². The van der Waals surface area contributed by atoms with Gasteiger partial charge in [0.1, 0.15) is 6.29 Å². The predicted molar refractivity (Wildman–Crippen MR) is 49.4 cm³/mol. The average Bonchev–Trinajstić information content (AvgIpc) is 2.77. The van der Waals surface area contributed by atoms with E-state index in [2.05, 4.69) is 5.10 Å². The number of aldehydes is 1. The number of hydrogen-bond donors (Lipinski definition) is 0. The molecular formula is C10H14N2O. The quantitative estimate of drug-likeness (QED) is 0.653. The zero-order chi connectivity index (χ0) is 9.47. The SMILES string of the molecule is Cc1nn(C)cc1CC1(C=O)CC1. The van der Waals surface area contributed by atoms with Crippen LogP contribution in [0.5, 0.6) is 0 Å². The highest BCUT2D eigenvalue weighted by atomic mass is 16.1. The molecule has 3 nitrogen and oxygen atoms in total. The molecule has 13 heavy (non-hydrogen) atoms. The Morgan fingerprint density at radius 1 is 1.69 bits per heavy atom. The molecule has 70 valence electrons. The summed E-state index contributed by atoms with van der Waals surface area (Å²) in [5.41, 5.74) is 2.23. The third-order valence-electron chi connectivity index (χ3n) is 2.80. The van der Waals surface area contributed by atoms with E-state index in [1.54, 1.807) is 0 Å². The van der Waals surface area contributed by atoms with E-state index < -0.39 is 0 Å². The van der Waals surface area contributed by atoms with Crippen molar-refractivity contribution in [1.29, 1.82) is 0 Å². The molecule has 0 spiro atoms. The summed E-state index contributed by atoms with van der Waals surface area (Å²) in [6.07, 6.45) is 6.09. The van der Waals surface area contributed by atoms with Gasteiger partial charge in [-0.15, -0.1) is 0 Å². The van der Waals surface area contributed by atoms with E-state index in [1.165, 1.54) is 5.56 Å². The minimum absolute atomic E-state index is 0.0339. The zero-order valence-electron chi connectivity index (χ0n) is 8.08. The number of carbonyl (C=O) groups excluding carboxylic acids is 1. The third-order valence-corrected chi connectivity index (χ3v) is 2.80. The summed E-state index contributed by atoms with van der Waals surface area (Å²) in [4.78, 5) is 10.8. The van der Waals surface area contributed by atoms with Gasteiger partial charge in [-0.2, -0.15) is 5.10 Å². The Kier molecular flexibility index (Phi) is 1.75. The lowest BCUT2D eigenvalue weighted by atomic mass is 9.99. The van der Waals surface area contributed by atoms with Crippen LogP contribution in [-0.2, 0) is 18.3 Å². The summed E-state index contributed by atoms with van der Waals surface area (Å²) in [5.74, 6) is 0. The molecule has 0 saturated heterocycles. The van der Waals surface area contributed by atoms with Crippen LogP contribution in [0.2, 0.25) is 0 Å². The fraction of sp³-hybridized carbons (Fsp3) is 0.600. The molecule has 1 heterocycles. The van der Waals surface area contributed by atoms with Crippen molar-refractivity contribution < 1.29 is 4.79 Å². The summed E-state index contributed by atoms with van der Waals surface area (Å²) in [6.45, 7) is 2.00. The van der Waals surface area contributed by atoms with Crippen LogP contribution in [0.3, 0.4) is 0 Å². The molecule has 0 unspecified atom stereocenters. The normalized spacial score (nSPS) is 18.6. The van der Waals surface area contributed by atoms with Crippen molar-refractivity contribution in [1.82, 2.24) is 9.78 Å². The molecule has 1 aliphatic carbocycles. The average molecular weight is 178 g/mol. The van der Waals surface area contributed by atoms with Crippen molar-refractivity contribution in [3.8, 4) is 0 Å². The first-order valence-electron chi connectivity index (χ1n) is 4.61. The number of hydrogen-bond acceptors (Lipinski definition) is 2. The molecule has 0 atom stereocenters. The monoisotopic (exact) mass is 178 g/mol. The molecule has 1 fully saturated rings. The Balaban J connectivity index is 2.18. The number of aryl methyl sites for hydroxylation is 2. The van der Waals surface area contributed by atoms with Crippen molar-refractivity contribution >= 4 is 6.29 Å². The Labute approximate surface area is 77.7 Å². The largest absolute Gasteiger partial charge is 0.303 e. The summed E-state index contributed by atoms with van der Waals surface area (Å²) in [5, 5.41) is 4.26. The fourth-order valence-electron chi connectivity index (χ4n) is 1.70. The van der Waals surface area contributed by atoms with Gasteiger partial charge < -0.3 is 4.79 Å². The van der Waals surface area contributed by atoms with E-state index in [0.29, 0.717) is 0 Å². The van der Waals surface area contributed by atoms with Crippen LogP contribution in [0.15, 0.2) is 6.20 Å². The first-order valence-corrected chi connectivity index (χ1v) is 4.61. The predicted octanol–water partition coefficient (Wildman–Crippen LogP) is 1.25. The first kappa shape index (κ1) is 8.48. The Morgan fingerprint density at radius 3 is 2.77 bits per heavy atom. The van der Waals surface area contributed by atoms with E-state index >= 15 is 0 Å². The lowest BCUT2D eigenvalue weighted by Crippen LogP contribution is -2.06. The molecule has 0 aliphatic heterocycles. The Hall–Kier alpha value is -1.12. The van der Waals surface area contributed by atoms with Gasteiger partial charge in [-0.1, -0.05) is 0 Å². The second-order valence-corrected chi connectivity index (χ2v) is 4.07. The molecule has 0 N–H and O–H groups in total. The van der Waals surface area contributed by atoms with Crippen molar-refractivity contribution in [3.63, 3.8) is 0 Å². The lowest BCUT2D eigenvalue weighted by molar-refractivity contribution is -0.112. The van der Waals surface area contributed by atoms with Crippen molar-refractivity contribution in [2.45, 2.75) is 26.2 Å². The minimum Gasteiger partial charge on any atom is -0.303 e. The lowest BCUT2D eigenvalue weighted by Gasteiger charge is -2.03. The zero-order valence-corrected chi connectivity index (χ0v) is 8.08. The van der Waals surface area contributed by atoms with E-state index in [1.807, 2.05) is 24.9 Å². The molecule has 1 saturated carbocycles. The topological polar surface area (TPSA) is 34.9 Å². The molecule has 1 aromatic heterocycles. The van der Waals surface area contributed by atoms with Crippen molar-refractivity contribution in [3.05, 3.63) is 17.5 Å². The van der Waals surface area contributed by atoms with Gasteiger partial charge in [-0.3, -0.25) is 4.68 Å². The minimum atomic E-state index is -0.0339. The van der Waals surface area contributed by atoms with Gasteiger partial charge >= 0.3 is 0 Å². The molecule has 2 rings (SSSR count). The van der Waals surface area contributed by atoms with Crippen LogP contribution in [-0.4, -0.2) is 16.1 Å². The van der Waals surface area contributed by atoms with E-state index in [-0.39, 0.29) is 5.41 Å². The van der Waals surface area contributed by atoms with Gasteiger partial charge in [0.15, 0.2) is 0 Å². The fourth-order valence-corrected chi connectivity index (χ4v) is 1.70. The number of carbonyl (C=O) groups is 1. The number of nitrogens with zero attached hydrogens (tertiary/aromatic N) is 2. The maximum atomic E-state index is 10.8. The third kappa shape index (κ3) is 1.50. The van der Waals surface area contributed by atoms with E-state index in [9.17, 15) is 4.79 Å². The number of rotatable bonds is 3. The summed E-state index contributed by atoms with van der Waals surface area (Å²) >= 11 is 0. The maximum absolute atomic E-state index is 10.8. The second-order valence-electron chi connectivity index (χ2n) is 4.07. The molecule has 0 amide bonds. The Morgan fingerprint density at radius 2 is 2.38 bits per heavy atom. The van der Waals surface area contributed by atoms with Crippen LogP contribution in [0, 0.1) is 12.3 Å². The van der Waals surface area contributed by atoms with Crippen LogP contribution in [0.4, 0.5) is 0 Å². The molecule has 1 aromatic rings. The highest BCUT2D eigenvalue weighted by molar-refractivity contribution is 5.64. The van der Waals surface area contributed by atoms with Crippen LogP contribution >= 0.6 is 0 Å². The molecule has 0 radical (unpaired) electrons. The van der Waals surface area contributed by atoms with E-state index in [4.69, 9.17) is 0 Å². The first-order chi connectivity index (χ1) is 6.15. The van der Waals surface area contributed by atoms with Gasteiger partial charge in [0.2, 0.25) is 0 Å². The van der Waals surface area contributed by atoms with Crippen LogP contribution in [0.25, 0.3) is 0 Å². The van der Waals surface area contributed by atoms with Gasteiger partial charge in [-0.25, -0.2) is 0 Å². The van der Waals surface area contributed by atoms with E-state index in [0.717, 1.165) is 31.2 Å². The van der Waals surface area contributed by atoms with Gasteiger partial charge in [0.25, 0.3) is 0 Å². The Bertz CT molecular complexity index is 337. The van der Waals surface area contributed by atoms with Gasteiger partial charge in [0, 0.05) is 18.7 Å². The van der Waals surface area contributed by atoms with Crippen molar-refractivity contribution in [2.75, 3.05) is 0 Å². The smallest absolute Gasteiger partial charge is 0.126 e. The maximum Gasteiger partial charge on any atom is 0.126 e.